The van der Waals surface area contributed by atoms with Crippen LogP contribution in [0.15, 0.2) is 107 Å². The summed E-state index contributed by atoms with van der Waals surface area (Å²) < 4.78 is 6.80. The van der Waals surface area contributed by atoms with Crippen molar-refractivity contribution in [3.05, 3.63) is 130 Å². The molecule has 184 valence electrons. The van der Waals surface area contributed by atoms with Gasteiger partial charge in [0.25, 0.3) is 11.7 Å². The molecule has 0 spiro atoms. The molecular weight excluding hydrogens is 532 g/mol. The number of aryl methyl sites for hydroxylation is 1. The lowest BCUT2D eigenvalue weighted by Crippen LogP contribution is -2.29. The van der Waals surface area contributed by atoms with Crippen LogP contribution < -0.4 is 9.64 Å². The lowest BCUT2D eigenvalue weighted by atomic mass is 9.95. The summed E-state index contributed by atoms with van der Waals surface area (Å²) in [5, 5.41) is 11.4. The van der Waals surface area contributed by atoms with Crippen LogP contribution in [-0.2, 0) is 16.2 Å². The minimum absolute atomic E-state index is 0.0245. The Morgan fingerprint density at radius 2 is 1.68 bits per heavy atom. The van der Waals surface area contributed by atoms with E-state index in [0.717, 1.165) is 15.6 Å². The van der Waals surface area contributed by atoms with Gasteiger partial charge < -0.3 is 9.84 Å². The van der Waals surface area contributed by atoms with Gasteiger partial charge in [-0.15, -0.1) is 0 Å². The van der Waals surface area contributed by atoms with Crippen LogP contribution in [0.5, 0.6) is 5.75 Å². The lowest BCUT2D eigenvalue weighted by molar-refractivity contribution is -0.132. The maximum Gasteiger partial charge on any atom is 0.300 e. The molecular formula is C30H23BrN2O4. The largest absolute Gasteiger partial charge is 0.507 e. The number of ether oxygens (including phenoxy) is 1. The van der Waals surface area contributed by atoms with Gasteiger partial charge in [0.05, 0.1) is 11.6 Å². The first-order valence-electron chi connectivity index (χ1n) is 11.7. The quantitative estimate of drug-likeness (QED) is 0.170. The minimum Gasteiger partial charge on any atom is -0.507 e. The predicted molar refractivity (Wildman–Crippen MR) is 145 cm³/mol. The van der Waals surface area contributed by atoms with Crippen molar-refractivity contribution in [3.8, 4) is 5.75 Å². The van der Waals surface area contributed by atoms with Gasteiger partial charge >= 0.3 is 0 Å². The van der Waals surface area contributed by atoms with Crippen molar-refractivity contribution in [1.29, 1.82) is 0 Å². The maximum absolute atomic E-state index is 13.3. The topological polar surface area (TPSA) is 79.7 Å². The van der Waals surface area contributed by atoms with Gasteiger partial charge in [-0.05, 0) is 78.2 Å². The third-order valence-corrected chi connectivity index (χ3v) is 6.79. The van der Waals surface area contributed by atoms with Gasteiger partial charge in [-0.3, -0.25) is 19.5 Å². The van der Waals surface area contributed by atoms with Crippen molar-refractivity contribution in [2.75, 3.05) is 4.90 Å². The van der Waals surface area contributed by atoms with Crippen molar-refractivity contribution in [3.63, 3.8) is 0 Å². The summed E-state index contributed by atoms with van der Waals surface area (Å²) in [5.74, 6) is -1.02. The molecule has 5 rings (SSSR count). The van der Waals surface area contributed by atoms with Crippen LogP contribution in [0.2, 0.25) is 0 Å². The monoisotopic (exact) mass is 554 g/mol. The van der Waals surface area contributed by atoms with Crippen molar-refractivity contribution in [1.82, 2.24) is 4.98 Å². The van der Waals surface area contributed by atoms with E-state index >= 15 is 0 Å². The first-order chi connectivity index (χ1) is 17.9. The van der Waals surface area contributed by atoms with Crippen molar-refractivity contribution < 1.29 is 19.4 Å². The summed E-state index contributed by atoms with van der Waals surface area (Å²) in [5.41, 5.74) is 3.50. The molecule has 1 unspecified atom stereocenters. The summed E-state index contributed by atoms with van der Waals surface area (Å²) in [4.78, 5) is 32.0. The second kappa shape index (κ2) is 10.4. The van der Waals surface area contributed by atoms with E-state index in [0.29, 0.717) is 29.2 Å². The van der Waals surface area contributed by atoms with Crippen LogP contribution in [0.1, 0.15) is 28.3 Å². The molecule has 1 fully saturated rings. The number of aliphatic hydroxyl groups is 1. The molecule has 37 heavy (non-hydrogen) atoms. The Morgan fingerprint density at radius 1 is 0.973 bits per heavy atom. The van der Waals surface area contributed by atoms with Gasteiger partial charge in [0.15, 0.2) is 0 Å². The van der Waals surface area contributed by atoms with E-state index in [1.54, 1.807) is 67.0 Å². The fourth-order valence-electron chi connectivity index (χ4n) is 4.41. The molecule has 1 atom stereocenters. The van der Waals surface area contributed by atoms with E-state index in [1.165, 1.54) is 4.90 Å². The second-order valence-electron chi connectivity index (χ2n) is 8.68. The molecule has 4 aromatic rings. The number of rotatable bonds is 6. The van der Waals surface area contributed by atoms with E-state index in [2.05, 4.69) is 20.9 Å². The van der Waals surface area contributed by atoms with E-state index in [9.17, 15) is 14.7 Å². The highest BCUT2D eigenvalue weighted by Gasteiger charge is 2.47. The van der Waals surface area contributed by atoms with Crippen LogP contribution in [0.3, 0.4) is 0 Å². The molecule has 0 bridgehead atoms. The minimum atomic E-state index is -0.807. The lowest BCUT2D eigenvalue weighted by Gasteiger charge is -2.25. The Kier molecular flexibility index (Phi) is 6.88. The molecule has 7 heteroatoms. The molecule has 2 heterocycles. The number of carbonyl (C=O) groups excluding carboxylic acids is 2. The zero-order valence-electron chi connectivity index (χ0n) is 20.0. The molecule has 1 N–H and O–H groups in total. The highest BCUT2D eigenvalue weighted by atomic mass is 79.9. The Labute approximate surface area is 223 Å². The molecule has 3 aromatic carbocycles. The third-order valence-electron chi connectivity index (χ3n) is 6.26. The van der Waals surface area contributed by atoms with Crippen LogP contribution in [0.25, 0.3) is 5.76 Å². The fraction of sp³-hybridized carbons (Fsp3) is 0.100. The highest BCUT2D eigenvalue weighted by Crippen LogP contribution is 2.42. The number of ketones is 1. The number of anilines is 1. The molecule has 6 nitrogen and oxygen atoms in total. The molecule has 1 aliphatic rings. The number of pyridine rings is 1. The SMILES string of the molecule is Cc1cc(/C(O)=C2/C(=O)C(=O)N(c3ccc(Br)cc3)C2c2ccncc2)ccc1OCc1ccccc1. The second-order valence-corrected chi connectivity index (χ2v) is 9.60. The number of hydrogen-bond donors (Lipinski definition) is 1. The van der Waals surface area contributed by atoms with E-state index in [1.807, 2.05) is 37.3 Å². The van der Waals surface area contributed by atoms with E-state index < -0.39 is 17.7 Å². The van der Waals surface area contributed by atoms with Crippen LogP contribution in [-0.4, -0.2) is 21.8 Å². The fourth-order valence-corrected chi connectivity index (χ4v) is 4.68. The van der Waals surface area contributed by atoms with Gasteiger partial charge in [0, 0.05) is 28.1 Å². The van der Waals surface area contributed by atoms with Gasteiger partial charge in [0.1, 0.15) is 18.1 Å². The number of benzene rings is 3. The summed E-state index contributed by atoms with van der Waals surface area (Å²) in [7, 11) is 0. The predicted octanol–water partition coefficient (Wildman–Crippen LogP) is 6.36. The van der Waals surface area contributed by atoms with Crippen molar-refractivity contribution >= 4 is 39.1 Å². The zero-order chi connectivity index (χ0) is 25.9. The normalized spacial score (nSPS) is 16.7. The molecule has 0 saturated carbocycles. The summed E-state index contributed by atoms with van der Waals surface area (Å²) in [6, 6.07) is 24.8. The van der Waals surface area contributed by atoms with Crippen molar-refractivity contribution in [2.45, 2.75) is 19.6 Å². The standard InChI is InChI=1S/C30H23BrN2O4/c1-19-17-22(7-12-25(19)37-18-20-5-3-2-4-6-20)28(34)26-27(21-13-15-32-16-14-21)33(30(36)29(26)35)24-10-8-23(31)9-11-24/h2-17,27,34H,18H2,1H3/b28-26-. The number of carbonyl (C=O) groups is 2. The summed E-state index contributed by atoms with van der Waals surface area (Å²) in [6.07, 6.45) is 3.19. The number of halogens is 1. The molecule has 1 aliphatic heterocycles. The summed E-state index contributed by atoms with van der Waals surface area (Å²) in [6.45, 7) is 2.28. The first-order valence-corrected chi connectivity index (χ1v) is 12.5. The van der Waals surface area contributed by atoms with Crippen LogP contribution in [0.4, 0.5) is 5.69 Å². The third kappa shape index (κ3) is 4.90. The molecule has 1 saturated heterocycles. The Balaban J connectivity index is 1.54. The molecule has 0 radical (unpaired) electrons. The number of nitrogens with zero attached hydrogens (tertiary/aromatic N) is 2. The Hall–Kier alpha value is -4.23. The average molecular weight is 555 g/mol. The number of hydrogen-bond acceptors (Lipinski definition) is 5. The van der Waals surface area contributed by atoms with E-state index in [-0.39, 0.29) is 11.3 Å². The number of amides is 1. The highest BCUT2D eigenvalue weighted by molar-refractivity contribution is 9.10. The summed E-state index contributed by atoms with van der Waals surface area (Å²) >= 11 is 3.41. The van der Waals surface area contributed by atoms with E-state index in [4.69, 9.17) is 4.74 Å². The van der Waals surface area contributed by atoms with Crippen LogP contribution >= 0.6 is 15.9 Å². The smallest absolute Gasteiger partial charge is 0.300 e. The van der Waals surface area contributed by atoms with Crippen molar-refractivity contribution in [2.24, 2.45) is 0 Å². The van der Waals surface area contributed by atoms with Gasteiger partial charge in [-0.2, -0.15) is 0 Å². The van der Waals surface area contributed by atoms with Gasteiger partial charge in [-0.1, -0.05) is 46.3 Å². The van der Waals surface area contributed by atoms with Gasteiger partial charge in [-0.25, -0.2) is 0 Å². The van der Waals surface area contributed by atoms with Gasteiger partial charge in [0.2, 0.25) is 0 Å². The first kappa shape index (κ1) is 24.5. The molecule has 0 aliphatic carbocycles. The average Bonchev–Trinajstić information content (AvgIpc) is 3.19. The zero-order valence-corrected chi connectivity index (χ0v) is 21.6. The van der Waals surface area contributed by atoms with Crippen LogP contribution in [0, 0.1) is 6.92 Å². The number of aromatic nitrogens is 1. The molecule has 1 aromatic heterocycles. The molecule has 1 amide bonds. The number of Topliss-reactive ketones (excluding diaryl/α,β-unsaturated/α-hetero) is 1. The Morgan fingerprint density at radius 3 is 2.35 bits per heavy atom. The number of aliphatic hydroxyl groups excluding tert-OH is 1. The Bertz CT molecular complexity index is 1490. The maximum atomic E-state index is 13.3.